The first kappa shape index (κ1) is 16.2. The third-order valence-electron chi connectivity index (χ3n) is 3.23. The second-order valence-electron chi connectivity index (χ2n) is 5.29. The number of oxime groups is 1. The quantitative estimate of drug-likeness (QED) is 0.632. The summed E-state index contributed by atoms with van der Waals surface area (Å²) in [5.74, 6) is 0.182. The molecular formula is C16H17NO4S. The fourth-order valence-corrected chi connectivity index (χ4v) is 2.58. The maximum absolute atomic E-state index is 12.1. The van der Waals surface area contributed by atoms with Crippen molar-refractivity contribution in [1.29, 1.82) is 0 Å². The summed E-state index contributed by atoms with van der Waals surface area (Å²) >= 11 is 0. The summed E-state index contributed by atoms with van der Waals surface area (Å²) in [6, 6.07) is 6.48. The Labute approximate surface area is 130 Å². The molecule has 0 spiro atoms. The van der Waals surface area contributed by atoms with Gasteiger partial charge in [-0.1, -0.05) is 31.1 Å². The zero-order valence-electron chi connectivity index (χ0n) is 12.6. The lowest BCUT2D eigenvalue weighted by atomic mass is 10.0. The number of nitrogens with zero attached hydrogens (tertiary/aromatic N) is 1. The van der Waals surface area contributed by atoms with Crippen molar-refractivity contribution in [3.05, 3.63) is 53.6 Å². The van der Waals surface area contributed by atoms with E-state index in [1.165, 1.54) is 30.4 Å². The summed E-state index contributed by atoms with van der Waals surface area (Å²) < 4.78 is 28.8. The van der Waals surface area contributed by atoms with Gasteiger partial charge in [0.05, 0.1) is 0 Å². The normalized spacial score (nSPS) is 17.0. The van der Waals surface area contributed by atoms with Crippen molar-refractivity contribution in [2.75, 3.05) is 0 Å². The Bertz CT molecular complexity index is 769. The summed E-state index contributed by atoms with van der Waals surface area (Å²) in [4.78, 5) is 11.3. The van der Waals surface area contributed by atoms with Gasteiger partial charge in [0.15, 0.2) is 5.78 Å². The molecule has 5 nitrogen and oxygen atoms in total. The molecule has 1 aromatic rings. The second-order valence-corrected chi connectivity index (χ2v) is 6.82. The van der Waals surface area contributed by atoms with E-state index >= 15 is 0 Å². The molecule has 0 aromatic heterocycles. The monoisotopic (exact) mass is 319 g/mol. The maximum Gasteiger partial charge on any atom is 0.358 e. The molecule has 0 fully saturated rings. The van der Waals surface area contributed by atoms with Crippen LogP contribution in [0.5, 0.6) is 0 Å². The number of carbonyl (C=O) groups excluding carboxylic acids is 1. The molecule has 0 aliphatic heterocycles. The summed E-state index contributed by atoms with van der Waals surface area (Å²) in [5.41, 5.74) is 1.79. The van der Waals surface area contributed by atoms with Crippen LogP contribution < -0.4 is 0 Å². The SMILES string of the molecule is CC1=C/C(=N\OS(=O)(=O)c2ccc(C(C)C)cc2)C=CC1=O. The van der Waals surface area contributed by atoms with E-state index in [4.69, 9.17) is 4.28 Å². The Morgan fingerprint density at radius 3 is 2.27 bits per heavy atom. The molecular weight excluding hydrogens is 302 g/mol. The minimum Gasteiger partial charge on any atom is -0.290 e. The molecule has 1 aromatic carbocycles. The molecule has 0 saturated heterocycles. The zero-order valence-corrected chi connectivity index (χ0v) is 13.4. The number of benzene rings is 1. The van der Waals surface area contributed by atoms with Crippen LogP contribution in [-0.4, -0.2) is 19.9 Å². The second kappa shape index (κ2) is 6.27. The van der Waals surface area contributed by atoms with Gasteiger partial charge in [0.25, 0.3) is 0 Å². The summed E-state index contributed by atoms with van der Waals surface area (Å²) in [7, 11) is -3.97. The summed E-state index contributed by atoms with van der Waals surface area (Å²) in [5, 5.41) is 3.59. The number of ketones is 1. The molecule has 1 aliphatic carbocycles. The molecule has 0 N–H and O–H groups in total. The first-order chi connectivity index (χ1) is 10.3. The highest BCUT2D eigenvalue weighted by atomic mass is 32.2. The van der Waals surface area contributed by atoms with Gasteiger partial charge < -0.3 is 0 Å². The van der Waals surface area contributed by atoms with E-state index < -0.39 is 10.1 Å². The highest BCUT2D eigenvalue weighted by Gasteiger charge is 2.17. The van der Waals surface area contributed by atoms with E-state index in [0.29, 0.717) is 11.5 Å². The molecule has 6 heteroatoms. The van der Waals surface area contributed by atoms with E-state index in [1.54, 1.807) is 19.1 Å². The van der Waals surface area contributed by atoms with Crippen LogP contribution in [0.4, 0.5) is 0 Å². The van der Waals surface area contributed by atoms with Gasteiger partial charge in [0, 0.05) is 0 Å². The molecule has 0 bridgehead atoms. The van der Waals surface area contributed by atoms with Gasteiger partial charge in [-0.25, -0.2) is 0 Å². The molecule has 1 aliphatic rings. The molecule has 0 heterocycles. The lowest BCUT2D eigenvalue weighted by Gasteiger charge is -2.07. The van der Waals surface area contributed by atoms with Gasteiger partial charge in [-0.3, -0.25) is 9.08 Å². The average molecular weight is 319 g/mol. The van der Waals surface area contributed by atoms with Crippen LogP contribution in [0.15, 0.2) is 58.1 Å². The molecule has 22 heavy (non-hydrogen) atoms. The lowest BCUT2D eigenvalue weighted by molar-refractivity contribution is -0.111. The maximum atomic E-state index is 12.1. The third kappa shape index (κ3) is 3.71. The Morgan fingerprint density at radius 1 is 1.09 bits per heavy atom. The Kier molecular flexibility index (Phi) is 4.61. The number of allylic oxidation sites excluding steroid dienone is 4. The topological polar surface area (TPSA) is 72.8 Å². The smallest absolute Gasteiger partial charge is 0.290 e. The Morgan fingerprint density at radius 2 is 1.73 bits per heavy atom. The highest BCUT2D eigenvalue weighted by Crippen LogP contribution is 2.19. The molecule has 0 saturated carbocycles. The van der Waals surface area contributed by atoms with Crippen molar-refractivity contribution in [1.82, 2.24) is 0 Å². The first-order valence-electron chi connectivity index (χ1n) is 6.82. The molecule has 0 amide bonds. The van der Waals surface area contributed by atoms with Crippen LogP contribution in [0.25, 0.3) is 0 Å². The van der Waals surface area contributed by atoms with Crippen molar-refractivity contribution in [2.24, 2.45) is 5.16 Å². The highest BCUT2D eigenvalue weighted by molar-refractivity contribution is 7.86. The predicted molar refractivity (Wildman–Crippen MR) is 84.1 cm³/mol. The number of carbonyl (C=O) groups is 1. The van der Waals surface area contributed by atoms with Crippen LogP contribution in [0, 0.1) is 0 Å². The summed E-state index contributed by atoms with van der Waals surface area (Å²) in [6.07, 6.45) is 4.20. The van der Waals surface area contributed by atoms with Crippen molar-refractivity contribution >= 4 is 21.6 Å². The van der Waals surface area contributed by atoms with Crippen LogP contribution in [0.1, 0.15) is 32.3 Å². The van der Waals surface area contributed by atoms with Gasteiger partial charge >= 0.3 is 10.1 Å². The molecule has 0 unspecified atom stereocenters. The fraction of sp³-hybridized carbons (Fsp3) is 0.250. The van der Waals surface area contributed by atoms with E-state index in [-0.39, 0.29) is 16.4 Å². The van der Waals surface area contributed by atoms with E-state index in [1.807, 2.05) is 13.8 Å². The van der Waals surface area contributed by atoms with Gasteiger partial charge in [-0.2, -0.15) is 8.42 Å². The van der Waals surface area contributed by atoms with E-state index in [0.717, 1.165) is 5.56 Å². The standard InChI is InChI=1S/C16H17NO4S/c1-11(2)13-4-7-15(8-5-13)22(19,20)21-17-14-6-9-16(18)12(3)10-14/h4-11H,1-3H3/b17-14-. The van der Waals surface area contributed by atoms with Crippen LogP contribution in [-0.2, 0) is 19.2 Å². The number of hydrogen-bond acceptors (Lipinski definition) is 5. The van der Waals surface area contributed by atoms with Crippen LogP contribution in [0.2, 0.25) is 0 Å². The number of rotatable bonds is 4. The van der Waals surface area contributed by atoms with Crippen molar-refractivity contribution in [3.8, 4) is 0 Å². The van der Waals surface area contributed by atoms with E-state index in [2.05, 4.69) is 5.16 Å². The number of hydrogen-bond donors (Lipinski definition) is 0. The molecule has 116 valence electrons. The molecule has 0 atom stereocenters. The van der Waals surface area contributed by atoms with Gasteiger partial charge in [-0.05, 0) is 54.3 Å². The molecule has 0 radical (unpaired) electrons. The minimum absolute atomic E-state index is 0.0396. The lowest BCUT2D eigenvalue weighted by Crippen LogP contribution is -2.08. The van der Waals surface area contributed by atoms with E-state index in [9.17, 15) is 13.2 Å². The van der Waals surface area contributed by atoms with Crippen molar-refractivity contribution in [3.63, 3.8) is 0 Å². The average Bonchev–Trinajstić information content (AvgIpc) is 2.48. The van der Waals surface area contributed by atoms with Crippen molar-refractivity contribution in [2.45, 2.75) is 31.6 Å². The van der Waals surface area contributed by atoms with Crippen molar-refractivity contribution < 1.29 is 17.5 Å². The summed E-state index contributed by atoms with van der Waals surface area (Å²) in [6.45, 7) is 5.68. The fourth-order valence-electron chi connectivity index (χ4n) is 1.84. The zero-order chi connectivity index (χ0) is 16.3. The minimum atomic E-state index is -3.97. The first-order valence-corrected chi connectivity index (χ1v) is 8.23. The van der Waals surface area contributed by atoms with Crippen LogP contribution >= 0.6 is 0 Å². The Hall–Kier alpha value is -2.21. The Balaban J connectivity index is 2.18. The van der Waals surface area contributed by atoms with Gasteiger partial charge in [0.2, 0.25) is 0 Å². The van der Waals surface area contributed by atoms with Gasteiger partial charge in [-0.15, -0.1) is 0 Å². The van der Waals surface area contributed by atoms with Crippen LogP contribution in [0.3, 0.4) is 0 Å². The third-order valence-corrected chi connectivity index (χ3v) is 4.36. The largest absolute Gasteiger partial charge is 0.358 e. The predicted octanol–water partition coefficient (Wildman–Crippen LogP) is 2.96. The molecule has 2 rings (SSSR count). The van der Waals surface area contributed by atoms with Gasteiger partial charge in [0.1, 0.15) is 10.6 Å².